The van der Waals surface area contributed by atoms with E-state index in [2.05, 4.69) is 4.98 Å². The molecule has 2 N–H and O–H groups in total. The zero-order chi connectivity index (χ0) is 11.7. The Morgan fingerprint density at radius 3 is 2.69 bits per heavy atom. The molecule has 0 fully saturated rings. The van der Waals surface area contributed by atoms with Gasteiger partial charge in [0.15, 0.2) is 11.6 Å². The minimum Gasteiger partial charge on any atom is -0.394 e. The maximum absolute atomic E-state index is 13.0. The minimum absolute atomic E-state index is 0.0814. The molecule has 0 aliphatic rings. The van der Waals surface area contributed by atoms with Gasteiger partial charge in [0.25, 0.3) is 0 Å². The number of hydrogen-bond acceptors (Lipinski definition) is 3. The van der Waals surface area contributed by atoms with Crippen molar-refractivity contribution >= 4 is 11.0 Å². The number of halogens is 2. The van der Waals surface area contributed by atoms with Gasteiger partial charge in [0.2, 0.25) is 0 Å². The van der Waals surface area contributed by atoms with E-state index in [9.17, 15) is 13.9 Å². The molecule has 86 valence electrons. The lowest BCUT2D eigenvalue weighted by molar-refractivity contribution is 0.0821. The number of imidazole rings is 1. The summed E-state index contributed by atoms with van der Waals surface area (Å²) in [5.74, 6) is -1.92. The van der Waals surface area contributed by atoms with Crippen molar-refractivity contribution in [3.05, 3.63) is 30.1 Å². The van der Waals surface area contributed by atoms with Crippen LogP contribution in [0.25, 0.3) is 11.0 Å². The molecule has 4 nitrogen and oxygen atoms in total. The summed E-state index contributed by atoms with van der Waals surface area (Å²) in [4.78, 5) is 3.87. The van der Waals surface area contributed by atoms with Crippen molar-refractivity contribution in [3.8, 4) is 0 Å². The molecule has 1 heterocycles. The maximum Gasteiger partial charge on any atom is 0.161 e. The molecule has 1 aromatic heterocycles. The van der Waals surface area contributed by atoms with Gasteiger partial charge in [-0.2, -0.15) is 0 Å². The molecule has 16 heavy (non-hydrogen) atoms. The average Bonchev–Trinajstić information content (AvgIpc) is 2.62. The second-order valence-electron chi connectivity index (χ2n) is 3.49. The summed E-state index contributed by atoms with van der Waals surface area (Å²) in [6, 6.07) is 2.01. The number of aromatic nitrogens is 2. The van der Waals surface area contributed by atoms with Crippen LogP contribution in [0.1, 0.15) is 0 Å². The van der Waals surface area contributed by atoms with Crippen molar-refractivity contribution in [2.24, 2.45) is 0 Å². The lowest BCUT2D eigenvalue weighted by Crippen LogP contribution is -2.19. The molecule has 6 heteroatoms. The fraction of sp³-hybridized carbons (Fsp3) is 0.300. The quantitative estimate of drug-likeness (QED) is 0.811. The van der Waals surface area contributed by atoms with Crippen LogP contribution in [0.3, 0.4) is 0 Å². The van der Waals surface area contributed by atoms with Gasteiger partial charge >= 0.3 is 0 Å². The van der Waals surface area contributed by atoms with Crippen LogP contribution in [0.4, 0.5) is 8.78 Å². The Kier molecular flexibility index (Phi) is 2.84. The summed E-state index contributed by atoms with van der Waals surface area (Å²) in [5.41, 5.74) is 0.690. The molecule has 1 unspecified atom stereocenters. The van der Waals surface area contributed by atoms with Crippen LogP contribution in [0.15, 0.2) is 18.5 Å². The van der Waals surface area contributed by atoms with Gasteiger partial charge in [0.05, 0.1) is 36.6 Å². The van der Waals surface area contributed by atoms with Gasteiger partial charge in [-0.25, -0.2) is 13.8 Å². The predicted octanol–water partition coefficient (Wildman–Crippen LogP) is 0.668. The highest BCUT2D eigenvalue weighted by Crippen LogP contribution is 2.17. The van der Waals surface area contributed by atoms with Crippen LogP contribution >= 0.6 is 0 Å². The molecule has 1 aromatic carbocycles. The number of nitrogens with zero attached hydrogens (tertiary/aromatic N) is 2. The van der Waals surface area contributed by atoms with Gasteiger partial charge in [-0.3, -0.25) is 0 Å². The van der Waals surface area contributed by atoms with Crippen molar-refractivity contribution < 1.29 is 19.0 Å². The van der Waals surface area contributed by atoms with Crippen LogP contribution in [-0.4, -0.2) is 32.5 Å². The molecule has 0 amide bonds. The lowest BCUT2D eigenvalue weighted by Gasteiger charge is -2.08. The number of rotatable bonds is 3. The van der Waals surface area contributed by atoms with Crippen LogP contribution in [-0.2, 0) is 6.54 Å². The van der Waals surface area contributed by atoms with Crippen LogP contribution < -0.4 is 0 Å². The monoisotopic (exact) mass is 228 g/mol. The standard InChI is InChI=1S/C10H10F2N2O2/c11-7-1-9-10(2-8(7)12)14(5-13-9)3-6(16)4-15/h1-2,5-6,15-16H,3-4H2. The van der Waals surface area contributed by atoms with E-state index in [1.165, 1.54) is 10.9 Å². The number of aliphatic hydroxyl groups excluding tert-OH is 2. The highest BCUT2D eigenvalue weighted by atomic mass is 19.2. The molecule has 0 saturated carbocycles. The average molecular weight is 228 g/mol. The molecule has 2 rings (SSSR count). The van der Waals surface area contributed by atoms with Crippen molar-refractivity contribution in [2.45, 2.75) is 12.6 Å². The summed E-state index contributed by atoms with van der Waals surface area (Å²) in [7, 11) is 0. The molecule has 0 bridgehead atoms. The fourth-order valence-electron chi connectivity index (χ4n) is 1.48. The van der Waals surface area contributed by atoms with E-state index in [4.69, 9.17) is 5.11 Å². The van der Waals surface area contributed by atoms with Gasteiger partial charge in [-0.05, 0) is 0 Å². The Hall–Kier alpha value is -1.53. The van der Waals surface area contributed by atoms with Gasteiger partial charge in [0.1, 0.15) is 0 Å². The number of aliphatic hydroxyl groups is 2. The Labute approximate surface area is 89.8 Å². The van der Waals surface area contributed by atoms with Crippen LogP contribution in [0.2, 0.25) is 0 Å². The second-order valence-corrected chi connectivity index (χ2v) is 3.49. The molecule has 0 aliphatic carbocycles. The Morgan fingerprint density at radius 2 is 2.00 bits per heavy atom. The molecule has 0 spiro atoms. The zero-order valence-corrected chi connectivity index (χ0v) is 8.27. The summed E-state index contributed by atoms with van der Waals surface area (Å²) < 4.78 is 27.3. The van der Waals surface area contributed by atoms with E-state index in [1.807, 2.05) is 0 Å². The third-order valence-electron chi connectivity index (χ3n) is 2.28. The Bertz CT molecular complexity index is 513. The molecule has 0 aliphatic heterocycles. The molecule has 0 radical (unpaired) electrons. The van der Waals surface area contributed by atoms with Gasteiger partial charge < -0.3 is 14.8 Å². The lowest BCUT2D eigenvalue weighted by atomic mass is 10.3. The van der Waals surface area contributed by atoms with E-state index < -0.39 is 24.3 Å². The minimum atomic E-state index is -0.965. The van der Waals surface area contributed by atoms with Crippen molar-refractivity contribution in [1.29, 1.82) is 0 Å². The zero-order valence-electron chi connectivity index (χ0n) is 8.27. The normalized spacial score (nSPS) is 13.2. The van der Waals surface area contributed by atoms with E-state index in [0.29, 0.717) is 11.0 Å². The SMILES string of the molecule is OCC(O)Cn1cnc2cc(F)c(F)cc21. The molecule has 2 aromatic rings. The smallest absolute Gasteiger partial charge is 0.161 e. The van der Waals surface area contributed by atoms with Gasteiger partial charge in [-0.1, -0.05) is 0 Å². The van der Waals surface area contributed by atoms with E-state index in [-0.39, 0.29) is 6.54 Å². The van der Waals surface area contributed by atoms with Gasteiger partial charge in [-0.15, -0.1) is 0 Å². The van der Waals surface area contributed by atoms with Crippen LogP contribution in [0.5, 0.6) is 0 Å². The van der Waals surface area contributed by atoms with E-state index in [0.717, 1.165) is 12.1 Å². The third-order valence-corrected chi connectivity index (χ3v) is 2.28. The largest absolute Gasteiger partial charge is 0.394 e. The molecular formula is C10H10F2N2O2. The van der Waals surface area contributed by atoms with Crippen molar-refractivity contribution in [1.82, 2.24) is 9.55 Å². The summed E-state index contributed by atoms with van der Waals surface area (Å²) in [5, 5.41) is 17.9. The van der Waals surface area contributed by atoms with Crippen molar-refractivity contribution in [3.63, 3.8) is 0 Å². The maximum atomic E-state index is 13.0. The molecule has 0 saturated heterocycles. The highest BCUT2D eigenvalue weighted by Gasteiger charge is 2.11. The Morgan fingerprint density at radius 1 is 1.31 bits per heavy atom. The summed E-state index contributed by atoms with van der Waals surface area (Å²) >= 11 is 0. The Balaban J connectivity index is 2.44. The van der Waals surface area contributed by atoms with Crippen LogP contribution in [0, 0.1) is 11.6 Å². The first-order valence-electron chi connectivity index (χ1n) is 4.70. The fourth-order valence-corrected chi connectivity index (χ4v) is 1.48. The third kappa shape index (κ3) is 1.89. The highest BCUT2D eigenvalue weighted by molar-refractivity contribution is 5.75. The second kappa shape index (κ2) is 4.15. The van der Waals surface area contributed by atoms with E-state index >= 15 is 0 Å². The van der Waals surface area contributed by atoms with E-state index in [1.54, 1.807) is 0 Å². The van der Waals surface area contributed by atoms with Crippen molar-refractivity contribution in [2.75, 3.05) is 6.61 Å². The summed E-state index contributed by atoms with van der Waals surface area (Å²) in [6.07, 6.45) is 0.410. The molecular weight excluding hydrogens is 218 g/mol. The number of benzene rings is 1. The first-order valence-corrected chi connectivity index (χ1v) is 4.70. The first-order chi connectivity index (χ1) is 7.61. The number of fused-ring (bicyclic) bond motifs is 1. The molecule has 1 atom stereocenters. The summed E-state index contributed by atoms with van der Waals surface area (Å²) in [6.45, 7) is -0.318. The predicted molar refractivity (Wildman–Crippen MR) is 52.7 cm³/mol. The number of hydrogen-bond donors (Lipinski definition) is 2. The topological polar surface area (TPSA) is 58.3 Å². The van der Waals surface area contributed by atoms with Gasteiger partial charge in [0, 0.05) is 12.1 Å². The first kappa shape index (κ1) is 11.0.